The van der Waals surface area contributed by atoms with Crippen molar-refractivity contribution in [3.05, 3.63) is 23.7 Å². The second-order valence-corrected chi connectivity index (χ2v) is 5.08. The van der Waals surface area contributed by atoms with Crippen molar-refractivity contribution in [3.8, 4) is 0 Å². The van der Waals surface area contributed by atoms with Gasteiger partial charge >= 0.3 is 0 Å². The molecule has 1 aromatic rings. The first-order valence-electron chi connectivity index (χ1n) is 5.90. The molecule has 0 saturated heterocycles. The first kappa shape index (κ1) is 13.8. The van der Waals surface area contributed by atoms with Crippen LogP contribution in [0.1, 0.15) is 43.0 Å². The van der Waals surface area contributed by atoms with Gasteiger partial charge in [0.25, 0.3) is 5.91 Å². The second kappa shape index (κ2) is 5.87. The summed E-state index contributed by atoms with van der Waals surface area (Å²) in [6.07, 6.45) is 1.63. The molecule has 0 atom stereocenters. The van der Waals surface area contributed by atoms with Crippen LogP contribution in [-0.2, 0) is 0 Å². The Morgan fingerprint density at radius 3 is 2.71 bits per heavy atom. The Kier molecular flexibility index (Phi) is 4.75. The molecule has 96 valence electrons. The van der Waals surface area contributed by atoms with Gasteiger partial charge in [-0.1, -0.05) is 13.8 Å². The van der Waals surface area contributed by atoms with E-state index in [1.165, 1.54) is 0 Å². The number of hydrogen-bond donors (Lipinski definition) is 2. The number of amides is 1. The summed E-state index contributed by atoms with van der Waals surface area (Å²) < 4.78 is 5.24. The van der Waals surface area contributed by atoms with Gasteiger partial charge in [0.05, 0.1) is 0 Å². The Morgan fingerprint density at radius 1 is 1.47 bits per heavy atom. The van der Waals surface area contributed by atoms with Crippen LogP contribution in [0, 0.1) is 12.3 Å². The first-order valence-corrected chi connectivity index (χ1v) is 5.90. The lowest BCUT2D eigenvalue weighted by atomic mass is 9.88. The molecule has 0 aliphatic rings. The average molecular weight is 239 g/mol. The molecule has 0 spiro atoms. The Hall–Kier alpha value is -1.29. The number of aryl methyl sites for hydroxylation is 1. The Bertz CT molecular complexity index is 368. The highest BCUT2D eigenvalue weighted by molar-refractivity contribution is 5.91. The van der Waals surface area contributed by atoms with Crippen LogP contribution in [0.2, 0.25) is 0 Å². The van der Waals surface area contributed by atoms with E-state index in [2.05, 4.69) is 19.2 Å². The third-order valence-corrected chi connectivity index (χ3v) is 2.70. The van der Waals surface area contributed by atoms with E-state index in [-0.39, 0.29) is 17.9 Å². The Morgan fingerprint density at radius 2 is 2.18 bits per heavy atom. The van der Waals surface area contributed by atoms with Crippen molar-refractivity contribution in [1.82, 2.24) is 5.32 Å². The van der Waals surface area contributed by atoms with Crippen LogP contribution in [0.3, 0.4) is 0 Å². The van der Waals surface area contributed by atoms with Gasteiger partial charge in [-0.15, -0.1) is 0 Å². The monoisotopic (exact) mass is 239 g/mol. The predicted molar refractivity (Wildman–Crippen MR) is 65.9 cm³/mol. The topological polar surface area (TPSA) is 62.5 Å². The van der Waals surface area contributed by atoms with E-state index in [1.807, 2.05) is 6.92 Å². The molecule has 17 heavy (non-hydrogen) atoms. The summed E-state index contributed by atoms with van der Waals surface area (Å²) in [5, 5.41) is 11.6. The van der Waals surface area contributed by atoms with Gasteiger partial charge in [0, 0.05) is 13.2 Å². The summed E-state index contributed by atoms with van der Waals surface area (Å²) in [5.74, 6) is 0.894. The van der Waals surface area contributed by atoms with Gasteiger partial charge in [0.15, 0.2) is 5.76 Å². The molecular weight excluding hydrogens is 218 g/mol. The highest BCUT2D eigenvalue weighted by Gasteiger charge is 2.19. The van der Waals surface area contributed by atoms with Gasteiger partial charge < -0.3 is 14.8 Å². The fraction of sp³-hybridized carbons (Fsp3) is 0.615. The van der Waals surface area contributed by atoms with Gasteiger partial charge in [-0.05, 0) is 37.3 Å². The fourth-order valence-corrected chi connectivity index (χ4v) is 1.61. The number of carbonyl (C=O) groups is 1. The number of hydrogen-bond acceptors (Lipinski definition) is 3. The molecule has 0 aliphatic carbocycles. The van der Waals surface area contributed by atoms with Crippen LogP contribution in [0.4, 0.5) is 0 Å². The average Bonchev–Trinajstić information content (AvgIpc) is 2.70. The van der Waals surface area contributed by atoms with Gasteiger partial charge in [-0.25, -0.2) is 0 Å². The molecule has 1 heterocycles. The standard InChI is InChI=1S/C13H21NO3/c1-10-5-6-11(17-10)12(16)14-9-13(2,3)7-4-8-15/h5-6,15H,4,7-9H2,1-3H3,(H,14,16). The van der Waals surface area contributed by atoms with Crippen molar-refractivity contribution in [2.24, 2.45) is 5.41 Å². The summed E-state index contributed by atoms with van der Waals surface area (Å²) in [5.41, 5.74) is -0.0139. The normalized spacial score (nSPS) is 11.5. The lowest BCUT2D eigenvalue weighted by Gasteiger charge is -2.24. The van der Waals surface area contributed by atoms with Crippen molar-refractivity contribution in [1.29, 1.82) is 0 Å². The van der Waals surface area contributed by atoms with Crippen LogP contribution in [0.15, 0.2) is 16.5 Å². The molecule has 0 bridgehead atoms. The molecule has 1 rings (SSSR count). The van der Waals surface area contributed by atoms with Crippen molar-refractivity contribution in [2.45, 2.75) is 33.6 Å². The maximum atomic E-state index is 11.7. The predicted octanol–water partition coefficient (Wildman–Crippen LogP) is 2.12. The van der Waals surface area contributed by atoms with Crippen molar-refractivity contribution >= 4 is 5.91 Å². The quantitative estimate of drug-likeness (QED) is 0.799. The number of aliphatic hydroxyl groups is 1. The molecule has 0 unspecified atom stereocenters. The van der Waals surface area contributed by atoms with Gasteiger partial charge in [-0.3, -0.25) is 4.79 Å². The lowest BCUT2D eigenvalue weighted by molar-refractivity contribution is 0.0904. The minimum Gasteiger partial charge on any atom is -0.456 e. The fourth-order valence-electron chi connectivity index (χ4n) is 1.61. The molecule has 4 nitrogen and oxygen atoms in total. The molecule has 0 aromatic carbocycles. The number of aliphatic hydroxyl groups excluding tert-OH is 1. The number of nitrogens with one attached hydrogen (secondary N) is 1. The highest BCUT2D eigenvalue weighted by atomic mass is 16.3. The van der Waals surface area contributed by atoms with E-state index in [0.717, 1.165) is 18.6 Å². The van der Waals surface area contributed by atoms with E-state index < -0.39 is 0 Å². The second-order valence-electron chi connectivity index (χ2n) is 5.08. The van der Waals surface area contributed by atoms with Crippen LogP contribution in [0.5, 0.6) is 0 Å². The van der Waals surface area contributed by atoms with Crippen molar-refractivity contribution in [2.75, 3.05) is 13.2 Å². The van der Waals surface area contributed by atoms with E-state index in [4.69, 9.17) is 9.52 Å². The van der Waals surface area contributed by atoms with E-state index in [0.29, 0.717) is 12.3 Å². The van der Waals surface area contributed by atoms with Crippen LogP contribution >= 0.6 is 0 Å². The zero-order valence-electron chi connectivity index (χ0n) is 10.7. The van der Waals surface area contributed by atoms with Gasteiger partial charge in [-0.2, -0.15) is 0 Å². The summed E-state index contributed by atoms with van der Waals surface area (Å²) in [6, 6.07) is 3.44. The largest absolute Gasteiger partial charge is 0.456 e. The summed E-state index contributed by atoms with van der Waals surface area (Å²) >= 11 is 0. The van der Waals surface area contributed by atoms with E-state index in [9.17, 15) is 4.79 Å². The summed E-state index contributed by atoms with van der Waals surface area (Å²) in [7, 11) is 0. The molecule has 0 radical (unpaired) electrons. The Labute approximate surface area is 102 Å². The highest BCUT2D eigenvalue weighted by Crippen LogP contribution is 2.21. The maximum Gasteiger partial charge on any atom is 0.287 e. The molecule has 1 amide bonds. The van der Waals surface area contributed by atoms with Gasteiger partial charge in [0.2, 0.25) is 0 Å². The smallest absolute Gasteiger partial charge is 0.287 e. The third kappa shape index (κ3) is 4.61. The zero-order valence-corrected chi connectivity index (χ0v) is 10.7. The van der Waals surface area contributed by atoms with Crippen LogP contribution in [-0.4, -0.2) is 24.2 Å². The molecule has 0 saturated carbocycles. The number of furan rings is 1. The van der Waals surface area contributed by atoms with Crippen molar-refractivity contribution < 1.29 is 14.3 Å². The molecule has 4 heteroatoms. The third-order valence-electron chi connectivity index (χ3n) is 2.70. The van der Waals surface area contributed by atoms with E-state index >= 15 is 0 Å². The first-order chi connectivity index (χ1) is 7.94. The van der Waals surface area contributed by atoms with Crippen LogP contribution < -0.4 is 5.32 Å². The van der Waals surface area contributed by atoms with E-state index in [1.54, 1.807) is 12.1 Å². The zero-order chi connectivity index (χ0) is 12.9. The van der Waals surface area contributed by atoms with Crippen LogP contribution in [0.25, 0.3) is 0 Å². The maximum absolute atomic E-state index is 11.7. The Balaban J connectivity index is 2.42. The lowest BCUT2D eigenvalue weighted by Crippen LogP contribution is -2.33. The number of rotatable bonds is 6. The molecule has 0 fully saturated rings. The summed E-state index contributed by atoms with van der Waals surface area (Å²) in [6.45, 7) is 6.70. The number of carbonyl (C=O) groups excluding carboxylic acids is 1. The van der Waals surface area contributed by atoms with Gasteiger partial charge in [0.1, 0.15) is 5.76 Å². The molecular formula is C13H21NO3. The summed E-state index contributed by atoms with van der Waals surface area (Å²) in [4.78, 5) is 11.7. The minimum absolute atomic E-state index is 0.0139. The molecule has 0 aliphatic heterocycles. The molecule has 2 N–H and O–H groups in total. The minimum atomic E-state index is -0.185. The SMILES string of the molecule is Cc1ccc(C(=O)NCC(C)(C)CCCO)o1. The molecule has 1 aromatic heterocycles. The van der Waals surface area contributed by atoms with Crippen molar-refractivity contribution in [3.63, 3.8) is 0 Å².